The molecule has 0 aliphatic carbocycles. The van der Waals surface area contributed by atoms with E-state index in [1.54, 1.807) is 12.1 Å². The summed E-state index contributed by atoms with van der Waals surface area (Å²) in [6.07, 6.45) is -1.97. The van der Waals surface area contributed by atoms with Crippen molar-refractivity contribution in [3.8, 4) is 5.75 Å². The zero-order valence-electron chi connectivity index (χ0n) is 9.49. The van der Waals surface area contributed by atoms with E-state index in [2.05, 4.69) is 4.98 Å². The lowest BCUT2D eigenvalue weighted by Gasteiger charge is -2.13. The number of hydrogen-bond acceptors (Lipinski definition) is 3. The Balaban J connectivity index is 2.22. The molecule has 2 aromatic rings. The van der Waals surface area contributed by atoms with Gasteiger partial charge in [-0.1, -0.05) is 0 Å². The molecule has 3 nitrogen and oxygen atoms in total. The molecular weight excluding hydrogens is 247 g/mol. The largest absolute Gasteiger partial charge is 0.483 e. The highest BCUT2D eigenvalue weighted by Gasteiger charge is 2.34. The molecule has 0 aliphatic heterocycles. The zero-order chi connectivity index (χ0) is 13.2. The van der Waals surface area contributed by atoms with Crippen molar-refractivity contribution in [1.82, 2.24) is 4.98 Å². The molecule has 0 fully saturated rings. The van der Waals surface area contributed by atoms with E-state index in [4.69, 9.17) is 9.15 Å². The highest BCUT2D eigenvalue weighted by Crippen LogP contribution is 2.36. The van der Waals surface area contributed by atoms with Gasteiger partial charge in [0.2, 0.25) is 0 Å². The molecule has 0 aliphatic rings. The molecule has 0 saturated carbocycles. The van der Waals surface area contributed by atoms with Crippen molar-refractivity contribution in [3.05, 3.63) is 47.7 Å². The van der Waals surface area contributed by atoms with Crippen LogP contribution in [0.25, 0.3) is 0 Å². The lowest BCUT2D eigenvalue weighted by atomic mass is 10.2. The molecule has 0 bridgehead atoms. The second-order valence-corrected chi connectivity index (χ2v) is 3.69. The fourth-order valence-electron chi connectivity index (χ4n) is 1.43. The highest BCUT2D eigenvalue weighted by molar-refractivity contribution is 5.34. The smallest absolute Gasteiger partial charge is 0.420 e. The van der Waals surface area contributed by atoms with E-state index < -0.39 is 11.7 Å². The average Bonchev–Trinajstić information content (AvgIpc) is 2.79. The number of hydrogen-bond donors (Lipinski definition) is 0. The van der Waals surface area contributed by atoms with E-state index in [1.807, 2.05) is 0 Å². The van der Waals surface area contributed by atoms with Gasteiger partial charge >= 0.3 is 6.18 Å². The Kier molecular flexibility index (Phi) is 3.27. The Morgan fingerprint density at radius 3 is 2.78 bits per heavy atom. The van der Waals surface area contributed by atoms with Crippen molar-refractivity contribution < 1.29 is 22.3 Å². The van der Waals surface area contributed by atoms with Crippen LogP contribution in [0, 0.1) is 6.92 Å². The Labute approximate surface area is 101 Å². The third-order valence-corrected chi connectivity index (χ3v) is 2.26. The summed E-state index contributed by atoms with van der Waals surface area (Å²) in [5.74, 6) is 0.146. The van der Waals surface area contributed by atoms with Gasteiger partial charge in [0.05, 0.1) is 12.5 Å². The molecule has 0 unspecified atom stereocenters. The molecule has 0 radical (unpaired) electrons. The lowest BCUT2D eigenvalue weighted by molar-refractivity contribution is -0.139. The van der Waals surface area contributed by atoms with Gasteiger partial charge in [0, 0.05) is 5.69 Å². The topological polar surface area (TPSA) is 35.3 Å². The summed E-state index contributed by atoms with van der Waals surface area (Å²) in [6.45, 7) is 1.42. The van der Waals surface area contributed by atoms with Gasteiger partial charge in [0.1, 0.15) is 17.9 Å². The molecule has 6 heteroatoms. The number of pyridine rings is 1. The second-order valence-electron chi connectivity index (χ2n) is 3.69. The van der Waals surface area contributed by atoms with Crippen LogP contribution in [0.5, 0.6) is 5.75 Å². The second kappa shape index (κ2) is 4.72. The first-order chi connectivity index (χ1) is 8.47. The maximum Gasteiger partial charge on any atom is 0.420 e. The number of furan rings is 1. The lowest BCUT2D eigenvalue weighted by Crippen LogP contribution is -2.09. The number of halogens is 3. The van der Waals surface area contributed by atoms with E-state index in [0.29, 0.717) is 5.76 Å². The van der Waals surface area contributed by atoms with Gasteiger partial charge in [-0.3, -0.25) is 4.98 Å². The van der Waals surface area contributed by atoms with Crippen LogP contribution >= 0.6 is 0 Å². The average molecular weight is 257 g/mol. The molecule has 0 atom stereocenters. The van der Waals surface area contributed by atoms with Gasteiger partial charge in [0.25, 0.3) is 0 Å². The number of ether oxygens (including phenoxy) is 1. The minimum atomic E-state index is -4.47. The van der Waals surface area contributed by atoms with Crippen molar-refractivity contribution in [2.75, 3.05) is 0 Å². The molecule has 0 spiro atoms. The molecule has 2 aromatic heterocycles. The first-order valence-electron chi connectivity index (χ1n) is 5.16. The minimum Gasteiger partial charge on any atom is -0.483 e. The third kappa shape index (κ3) is 2.82. The maximum absolute atomic E-state index is 12.8. The van der Waals surface area contributed by atoms with Crippen molar-refractivity contribution in [3.63, 3.8) is 0 Å². The molecule has 96 valence electrons. The Bertz CT molecular complexity index is 521. The summed E-state index contributed by atoms with van der Waals surface area (Å²) >= 11 is 0. The Morgan fingerprint density at radius 1 is 1.39 bits per heavy atom. The summed E-state index contributed by atoms with van der Waals surface area (Å²) in [4.78, 5) is 3.80. The Morgan fingerprint density at radius 2 is 2.17 bits per heavy atom. The van der Waals surface area contributed by atoms with Crippen molar-refractivity contribution in [2.24, 2.45) is 0 Å². The molecule has 0 saturated heterocycles. The molecule has 0 amide bonds. The van der Waals surface area contributed by atoms with Crippen LogP contribution in [0.4, 0.5) is 13.2 Å². The number of alkyl halides is 3. The number of aromatic nitrogens is 1. The van der Waals surface area contributed by atoms with Crippen molar-refractivity contribution >= 4 is 0 Å². The van der Waals surface area contributed by atoms with E-state index in [0.717, 1.165) is 12.3 Å². The van der Waals surface area contributed by atoms with E-state index >= 15 is 0 Å². The van der Waals surface area contributed by atoms with E-state index in [1.165, 1.54) is 13.2 Å². The maximum atomic E-state index is 12.8. The number of nitrogens with zero attached hydrogens (tertiary/aromatic N) is 1. The standard InChI is InChI=1S/C12H10F3NO2/c1-8-5-10(12(13,14)15)11(6-16-8)18-7-9-3-2-4-17-9/h2-6H,7H2,1H3. The normalized spacial score (nSPS) is 11.6. The van der Waals surface area contributed by atoms with Crippen LogP contribution in [0.3, 0.4) is 0 Å². The van der Waals surface area contributed by atoms with Crippen LogP contribution in [-0.4, -0.2) is 4.98 Å². The van der Waals surface area contributed by atoms with E-state index in [9.17, 15) is 13.2 Å². The molecular formula is C12H10F3NO2. The molecule has 0 aromatic carbocycles. The fraction of sp³-hybridized carbons (Fsp3) is 0.250. The highest BCUT2D eigenvalue weighted by atomic mass is 19.4. The Hall–Kier alpha value is -1.98. The SMILES string of the molecule is Cc1cc(C(F)(F)F)c(OCc2ccco2)cn1. The summed E-state index contributed by atoms with van der Waals surface area (Å²) in [7, 11) is 0. The van der Waals surface area contributed by atoms with Crippen molar-refractivity contribution in [1.29, 1.82) is 0 Å². The molecule has 0 N–H and O–H groups in total. The quantitative estimate of drug-likeness (QED) is 0.843. The summed E-state index contributed by atoms with van der Waals surface area (Å²) in [6, 6.07) is 4.21. The minimum absolute atomic E-state index is 0.0686. The summed E-state index contributed by atoms with van der Waals surface area (Å²) in [5, 5.41) is 0. The van der Waals surface area contributed by atoms with Gasteiger partial charge < -0.3 is 9.15 Å². The van der Waals surface area contributed by atoms with Gasteiger partial charge in [-0.05, 0) is 25.1 Å². The van der Waals surface area contributed by atoms with Crippen LogP contribution in [0.1, 0.15) is 17.0 Å². The summed E-state index contributed by atoms with van der Waals surface area (Å²) < 4.78 is 48.4. The fourth-order valence-corrected chi connectivity index (χ4v) is 1.43. The third-order valence-electron chi connectivity index (χ3n) is 2.26. The van der Waals surface area contributed by atoms with Gasteiger partial charge in [-0.25, -0.2) is 0 Å². The monoisotopic (exact) mass is 257 g/mol. The van der Waals surface area contributed by atoms with Crippen LogP contribution in [0.2, 0.25) is 0 Å². The first kappa shape index (κ1) is 12.5. The van der Waals surface area contributed by atoms with Gasteiger partial charge in [-0.2, -0.15) is 13.2 Å². The predicted octanol–water partition coefficient (Wildman–Crippen LogP) is 3.58. The molecule has 2 heterocycles. The van der Waals surface area contributed by atoms with Gasteiger partial charge in [0.15, 0.2) is 5.75 Å². The van der Waals surface area contributed by atoms with Crippen LogP contribution in [-0.2, 0) is 12.8 Å². The van der Waals surface area contributed by atoms with E-state index in [-0.39, 0.29) is 18.1 Å². The summed E-state index contributed by atoms with van der Waals surface area (Å²) in [5.41, 5.74) is -0.547. The first-order valence-corrected chi connectivity index (χ1v) is 5.16. The van der Waals surface area contributed by atoms with Crippen LogP contribution in [0.15, 0.2) is 35.1 Å². The number of rotatable bonds is 3. The van der Waals surface area contributed by atoms with Crippen molar-refractivity contribution in [2.45, 2.75) is 19.7 Å². The van der Waals surface area contributed by atoms with Crippen LogP contribution < -0.4 is 4.74 Å². The molecule has 2 rings (SSSR count). The van der Waals surface area contributed by atoms with Gasteiger partial charge in [-0.15, -0.1) is 0 Å². The zero-order valence-corrected chi connectivity index (χ0v) is 9.49. The molecule has 18 heavy (non-hydrogen) atoms. The predicted molar refractivity (Wildman–Crippen MR) is 57.0 cm³/mol. The number of aryl methyl sites for hydroxylation is 1.